The van der Waals surface area contributed by atoms with Crippen LogP contribution in [0.2, 0.25) is 0 Å². The highest BCUT2D eigenvalue weighted by Gasteiger charge is 2.21. The first-order valence-electron chi connectivity index (χ1n) is 5.46. The largest absolute Gasteiger partial charge is 0.481 e. The van der Waals surface area contributed by atoms with Crippen LogP contribution in [0.4, 0.5) is 0 Å². The van der Waals surface area contributed by atoms with Crippen LogP contribution in [0.1, 0.15) is 25.7 Å². The molecule has 9 nitrogen and oxygen atoms in total. The minimum atomic E-state index is -1.35. The molecule has 0 aromatic heterocycles. The molecule has 1 amide bonds. The number of rotatable bonds is 9. The number of carbonyl (C=O) groups excluding carboxylic acids is 1. The molecule has 108 valence electrons. The molecule has 1 unspecified atom stereocenters. The number of carboxylic acid groups (broad SMARTS) is 3. The van der Waals surface area contributed by atoms with E-state index in [0.717, 1.165) is 0 Å². The Balaban J connectivity index is 4.20. The van der Waals surface area contributed by atoms with E-state index in [-0.39, 0.29) is 19.3 Å². The molecular weight excluding hydrogens is 260 g/mol. The Kier molecular flexibility index (Phi) is 7.12. The lowest BCUT2D eigenvalue weighted by Gasteiger charge is -2.14. The van der Waals surface area contributed by atoms with Gasteiger partial charge in [0, 0.05) is 12.8 Å². The molecule has 6 N–H and O–H groups in total. The van der Waals surface area contributed by atoms with Crippen LogP contribution in [0.25, 0.3) is 0 Å². The van der Waals surface area contributed by atoms with Crippen molar-refractivity contribution in [2.45, 2.75) is 37.8 Å². The second-order valence-electron chi connectivity index (χ2n) is 3.87. The Morgan fingerprint density at radius 2 is 1.53 bits per heavy atom. The monoisotopic (exact) mass is 276 g/mol. The number of amides is 1. The van der Waals surface area contributed by atoms with Crippen LogP contribution in [-0.2, 0) is 19.2 Å². The van der Waals surface area contributed by atoms with E-state index in [1.807, 2.05) is 0 Å². The van der Waals surface area contributed by atoms with Crippen LogP contribution in [0.3, 0.4) is 0 Å². The zero-order valence-corrected chi connectivity index (χ0v) is 10.0. The third kappa shape index (κ3) is 7.71. The maximum atomic E-state index is 11.4. The van der Waals surface area contributed by atoms with Gasteiger partial charge < -0.3 is 26.4 Å². The molecule has 9 heteroatoms. The second kappa shape index (κ2) is 8.03. The van der Waals surface area contributed by atoms with Crippen molar-refractivity contribution in [3.05, 3.63) is 0 Å². The molecule has 0 spiro atoms. The Hall–Kier alpha value is -2.16. The van der Waals surface area contributed by atoms with E-state index in [2.05, 4.69) is 5.32 Å². The summed E-state index contributed by atoms with van der Waals surface area (Å²) < 4.78 is 0. The summed E-state index contributed by atoms with van der Waals surface area (Å²) in [5.74, 6) is -4.46. The van der Waals surface area contributed by atoms with Gasteiger partial charge >= 0.3 is 17.9 Å². The molecule has 0 saturated heterocycles. The predicted molar refractivity (Wildman–Crippen MR) is 61.3 cm³/mol. The summed E-state index contributed by atoms with van der Waals surface area (Å²) in [6.07, 6.45) is -1.02. The van der Waals surface area contributed by atoms with E-state index < -0.39 is 42.3 Å². The minimum Gasteiger partial charge on any atom is -0.481 e. The van der Waals surface area contributed by atoms with Gasteiger partial charge in [-0.05, 0) is 12.8 Å². The summed E-state index contributed by atoms with van der Waals surface area (Å²) in [4.78, 5) is 42.8. The summed E-state index contributed by atoms with van der Waals surface area (Å²) in [7, 11) is 0. The molecule has 0 fully saturated rings. The maximum absolute atomic E-state index is 11.4. The van der Waals surface area contributed by atoms with Crippen LogP contribution < -0.4 is 11.1 Å². The summed E-state index contributed by atoms with van der Waals surface area (Å²) >= 11 is 0. The van der Waals surface area contributed by atoms with Crippen molar-refractivity contribution in [3.63, 3.8) is 0 Å². The highest BCUT2D eigenvalue weighted by molar-refractivity contribution is 5.84. The molecule has 0 heterocycles. The van der Waals surface area contributed by atoms with E-state index in [4.69, 9.17) is 21.1 Å². The van der Waals surface area contributed by atoms with Crippen molar-refractivity contribution >= 4 is 23.8 Å². The molecule has 0 aliphatic rings. The smallest absolute Gasteiger partial charge is 0.326 e. The Morgan fingerprint density at radius 1 is 0.947 bits per heavy atom. The van der Waals surface area contributed by atoms with Crippen molar-refractivity contribution in [1.29, 1.82) is 0 Å². The highest BCUT2D eigenvalue weighted by atomic mass is 16.4. The fourth-order valence-electron chi connectivity index (χ4n) is 1.20. The van der Waals surface area contributed by atoms with Crippen molar-refractivity contribution in [3.8, 4) is 0 Å². The lowest BCUT2D eigenvalue weighted by molar-refractivity contribution is -0.143. The van der Waals surface area contributed by atoms with Gasteiger partial charge in [-0.15, -0.1) is 0 Å². The standard InChI is InChI=1S/C10H16N2O7/c11-5(9(16)17)1-3-7(13)12-6(10(18)19)2-4-8(14)15/h5-6H,1-4,11H2,(H,12,13)(H,14,15)(H,16,17)(H,18,19)/t5-,6?/m0/s1. The Labute approximate surface area is 108 Å². The quantitative estimate of drug-likeness (QED) is 0.343. The molecule has 0 aromatic carbocycles. The molecular formula is C10H16N2O7. The number of carboxylic acids is 3. The van der Waals surface area contributed by atoms with Gasteiger partial charge in [0.1, 0.15) is 12.1 Å². The molecule has 2 atom stereocenters. The topological polar surface area (TPSA) is 167 Å². The summed E-state index contributed by atoms with van der Waals surface area (Å²) in [6, 6.07) is -2.52. The van der Waals surface area contributed by atoms with Crippen LogP contribution in [-0.4, -0.2) is 51.2 Å². The van der Waals surface area contributed by atoms with Gasteiger partial charge in [-0.3, -0.25) is 14.4 Å². The first-order chi connectivity index (χ1) is 8.73. The number of nitrogens with one attached hydrogen (secondary N) is 1. The summed E-state index contributed by atoms with van der Waals surface area (Å²) in [6.45, 7) is 0. The molecule has 0 radical (unpaired) electrons. The molecule has 0 rings (SSSR count). The fourth-order valence-corrected chi connectivity index (χ4v) is 1.20. The highest BCUT2D eigenvalue weighted by Crippen LogP contribution is 2.01. The van der Waals surface area contributed by atoms with Gasteiger partial charge in [0.25, 0.3) is 0 Å². The zero-order valence-electron chi connectivity index (χ0n) is 10.0. The van der Waals surface area contributed by atoms with E-state index in [1.54, 1.807) is 0 Å². The van der Waals surface area contributed by atoms with Crippen molar-refractivity contribution in [2.24, 2.45) is 5.73 Å². The third-order valence-corrected chi connectivity index (χ3v) is 2.28. The lowest BCUT2D eigenvalue weighted by atomic mass is 10.1. The minimum absolute atomic E-state index is 0.133. The van der Waals surface area contributed by atoms with Crippen molar-refractivity contribution < 1.29 is 34.5 Å². The number of nitrogens with two attached hydrogens (primary N) is 1. The fraction of sp³-hybridized carbons (Fsp3) is 0.600. The number of carbonyl (C=O) groups is 4. The normalized spacial score (nSPS) is 13.3. The Bertz CT molecular complexity index is 369. The van der Waals surface area contributed by atoms with Crippen LogP contribution in [0.5, 0.6) is 0 Å². The molecule has 0 bridgehead atoms. The second-order valence-corrected chi connectivity index (χ2v) is 3.87. The van der Waals surface area contributed by atoms with Gasteiger partial charge in [0.2, 0.25) is 5.91 Å². The zero-order chi connectivity index (χ0) is 15.0. The number of aliphatic carboxylic acids is 3. The van der Waals surface area contributed by atoms with E-state index in [9.17, 15) is 19.2 Å². The average Bonchev–Trinajstić information content (AvgIpc) is 2.30. The average molecular weight is 276 g/mol. The first kappa shape index (κ1) is 16.8. The first-order valence-corrected chi connectivity index (χ1v) is 5.46. The molecule has 19 heavy (non-hydrogen) atoms. The number of hydrogen-bond acceptors (Lipinski definition) is 5. The van der Waals surface area contributed by atoms with Crippen molar-refractivity contribution in [2.75, 3.05) is 0 Å². The van der Waals surface area contributed by atoms with Gasteiger partial charge in [0.15, 0.2) is 0 Å². The summed E-state index contributed by atoms with van der Waals surface area (Å²) in [5.41, 5.74) is 5.18. The molecule has 0 aromatic rings. The van der Waals surface area contributed by atoms with E-state index in [1.165, 1.54) is 0 Å². The van der Waals surface area contributed by atoms with E-state index >= 15 is 0 Å². The Morgan fingerprint density at radius 3 is 1.95 bits per heavy atom. The van der Waals surface area contributed by atoms with Gasteiger partial charge in [0.05, 0.1) is 0 Å². The van der Waals surface area contributed by atoms with E-state index in [0.29, 0.717) is 0 Å². The summed E-state index contributed by atoms with van der Waals surface area (Å²) in [5, 5.41) is 27.8. The SMILES string of the molecule is N[C@@H](CCC(=O)NC(CCC(=O)O)C(=O)O)C(=O)O. The van der Waals surface area contributed by atoms with Gasteiger partial charge in [-0.25, -0.2) is 4.79 Å². The van der Waals surface area contributed by atoms with Crippen LogP contribution in [0.15, 0.2) is 0 Å². The van der Waals surface area contributed by atoms with Crippen LogP contribution >= 0.6 is 0 Å². The maximum Gasteiger partial charge on any atom is 0.326 e. The predicted octanol–water partition coefficient (Wildman–Crippen LogP) is -1.39. The molecule has 0 aliphatic heterocycles. The number of hydrogen-bond donors (Lipinski definition) is 5. The molecule has 0 saturated carbocycles. The molecule has 0 aliphatic carbocycles. The third-order valence-electron chi connectivity index (χ3n) is 2.28. The van der Waals surface area contributed by atoms with Crippen molar-refractivity contribution in [1.82, 2.24) is 5.32 Å². The van der Waals surface area contributed by atoms with Gasteiger partial charge in [-0.2, -0.15) is 0 Å². The van der Waals surface area contributed by atoms with Crippen LogP contribution in [0, 0.1) is 0 Å². The van der Waals surface area contributed by atoms with Gasteiger partial charge in [-0.1, -0.05) is 0 Å². The lowest BCUT2D eigenvalue weighted by Crippen LogP contribution is -2.42.